The van der Waals surface area contributed by atoms with E-state index in [1.807, 2.05) is 42.5 Å². The van der Waals surface area contributed by atoms with E-state index in [0.717, 1.165) is 53.1 Å². The number of hydrogen-bond donors (Lipinski definition) is 4. The van der Waals surface area contributed by atoms with Crippen LogP contribution in [0.1, 0.15) is 34.5 Å². The number of amides is 1. The van der Waals surface area contributed by atoms with Gasteiger partial charge < -0.3 is 21.7 Å². The van der Waals surface area contributed by atoms with Crippen LogP contribution in [-0.4, -0.2) is 52.9 Å². The molecule has 6 N–H and O–H groups in total. The molecule has 9 nitrogen and oxygen atoms in total. The predicted octanol–water partition coefficient (Wildman–Crippen LogP) is 4.58. The molecule has 3 aromatic rings. The molecule has 206 valence electrons. The molecule has 4 rings (SSSR count). The second-order valence-corrected chi connectivity index (χ2v) is 11.4. The molecule has 0 aliphatic carbocycles. The first kappa shape index (κ1) is 29.3. The number of nitrogens with one attached hydrogen (secondary N) is 2. The first-order valence-electron chi connectivity index (χ1n) is 12.7. The monoisotopic (exact) mass is 680 g/mol. The molecule has 0 saturated carbocycles. The predicted molar refractivity (Wildman–Crippen MR) is 166 cm³/mol. The van der Waals surface area contributed by atoms with Crippen LogP contribution >= 0.6 is 45.8 Å². The number of aromatic nitrogens is 2. The van der Waals surface area contributed by atoms with Gasteiger partial charge in [-0.2, -0.15) is 0 Å². The van der Waals surface area contributed by atoms with E-state index in [1.54, 1.807) is 0 Å². The van der Waals surface area contributed by atoms with Crippen molar-refractivity contribution >= 4 is 69.3 Å². The molecule has 1 aliphatic rings. The second kappa shape index (κ2) is 14.1. The van der Waals surface area contributed by atoms with Crippen molar-refractivity contribution in [3.8, 4) is 0 Å². The molecular formula is C27H31Cl2IN8O. The van der Waals surface area contributed by atoms with Gasteiger partial charge in [0, 0.05) is 28.2 Å². The number of hydrogen-bond acceptors (Lipinski definition) is 7. The molecule has 1 saturated heterocycles. The fourth-order valence-electron chi connectivity index (χ4n) is 4.31. The number of aliphatic imine (C=N–C) groups is 1. The highest BCUT2D eigenvalue weighted by molar-refractivity contribution is 14.1. The zero-order valence-electron chi connectivity index (χ0n) is 21.3. The minimum atomic E-state index is -0.610. The normalized spacial score (nSPS) is 14.8. The Kier molecular flexibility index (Phi) is 10.6. The van der Waals surface area contributed by atoms with Crippen LogP contribution in [0.25, 0.3) is 0 Å². The Morgan fingerprint density at radius 2 is 1.82 bits per heavy atom. The number of anilines is 2. The Hall–Kier alpha value is -2.67. The maximum absolute atomic E-state index is 12.7. The highest BCUT2D eigenvalue weighted by Crippen LogP contribution is 2.22. The number of guanidine groups is 1. The Labute approximate surface area is 251 Å². The number of rotatable bonds is 9. The molecule has 2 aromatic carbocycles. The number of benzene rings is 2. The summed E-state index contributed by atoms with van der Waals surface area (Å²) >= 11 is 14.8. The molecule has 1 aliphatic heterocycles. The number of carbonyl (C=O) groups is 1. The van der Waals surface area contributed by atoms with E-state index in [-0.39, 0.29) is 22.6 Å². The highest BCUT2D eigenvalue weighted by atomic mass is 127. The van der Waals surface area contributed by atoms with Gasteiger partial charge in [-0.1, -0.05) is 53.5 Å². The van der Waals surface area contributed by atoms with Crippen molar-refractivity contribution in [2.45, 2.75) is 25.8 Å². The summed E-state index contributed by atoms with van der Waals surface area (Å²) in [4.78, 5) is 27.9. The van der Waals surface area contributed by atoms with Gasteiger partial charge in [0.2, 0.25) is 0 Å². The standard InChI is InChI=1S/C27H31Cl2IN8O/c28-21-4-2-1-3-19(21)11-14-38-12-9-18(10-13-38)16-34-27(32)37-26(39)22-24(31)36-25(23(29)35-22)33-15-17-5-7-20(30)8-6-17/h1-8,18H,9-16H2,(H3,31,33,36)(H3,32,34,37,39). The first-order chi connectivity index (χ1) is 18.8. The van der Waals surface area contributed by atoms with Crippen molar-refractivity contribution in [2.24, 2.45) is 16.6 Å². The quantitative estimate of drug-likeness (QED) is 0.148. The van der Waals surface area contributed by atoms with Crippen molar-refractivity contribution in [1.82, 2.24) is 20.2 Å². The Morgan fingerprint density at radius 3 is 2.54 bits per heavy atom. The lowest BCUT2D eigenvalue weighted by molar-refractivity contribution is 0.0972. The zero-order chi connectivity index (χ0) is 27.8. The van der Waals surface area contributed by atoms with Crippen molar-refractivity contribution in [3.05, 3.63) is 79.1 Å². The minimum Gasteiger partial charge on any atom is -0.382 e. The van der Waals surface area contributed by atoms with E-state index in [2.05, 4.69) is 59.2 Å². The number of nitrogens with two attached hydrogens (primary N) is 2. The number of halogens is 3. The van der Waals surface area contributed by atoms with E-state index in [1.165, 1.54) is 5.56 Å². The molecule has 2 heterocycles. The lowest BCUT2D eigenvalue weighted by Gasteiger charge is -2.31. The largest absolute Gasteiger partial charge is 0.382 e. The van der Waals surface area contributed by atoms with Gasteiger partial charge in [-0.3, -0.25) is 15.1 Å². The minimum absolute atomic E-state index is 0.0133. The van der Waals surface area contributed by atoms with Crippen LogP contribution in [0.3, 0.4) is 0 Å². The fourth-order valence-corrected chi connectivity index (χ4v) is 5.09. The van der Waals surface area contributed by atoms with Crippen LogP contribution in [0, 0.1) is 9.49 Å². The van der Waals surface area contributed by atoms with Crippen LogP contribution < -0.4 is 22.1 Å². The average molecular weight is 681 g/mol. The third kappa shape index (κ3) is 8.66. The van der Waals surface area contributed by atoms with Gasteiger partial charge in [-0.05, 0) is 90.2 Å². The topological polar surface area (TPSA) is 135 Å². The fraction of sp³-hybridized carbons (Fsp3) is 0.333. The van der Waals surface area contributed by atoms with Crippen molar-refractivity contribution < 1.29 is 4.79 Å². The maximum atomic E-state index is 12.7. The van der Waals surface area contributed by atoms with E-state index < -0.39 is 5.91 Å². The van der Waals surface area contributed by atoms with Crippen LogP contribution in [0.15, 0.2) is 53.5 Å². The van der Waals surface area contributed by atoms with Gasteiger partial charge >= 0.3 is 0 Å². The average Bonchev–Trinajstić information content (AvgIpc) is 2.93. The Morgan fingerprint density at radius 1 is 1.10 bits per heavy atom. The summed E-state index contributed by atoms with van der Waals surface area (Å²) in [5.74, 6) is 0.0407. The van der Waals surface area contributed by atoms with Gasteiger partial charge in [-0.15, -0.1) is 0 Å². The number of piperidine rings is 1. The molecule has 12 heteroatoms. The maximum Gasteiger partial charge on any atom is 0.280 e. The van der Waals surface area contributed by atoms with Gasteiger partial charge in [0.15, 0.2) is 28.4 Å². The summed E-state index contributed by atoms with van der Waals surface area (Å²) in [6, 6.07) is 16.0. The van der Waals surface area contributed by atoms with Crippen molar-refractivity contribution in [3.63, 3.8) is 0 Å². The van der Waals surface area contributed by atoms with Gasteiger partial charge in [-0.25, -0.2) is 9.97 Å². The molecule has 0 spiro atoms. The van der Waals surface area contributed by atoms with E-state index in [9.17, 15) is 4.79 Å². The Balaban J connectivity index is 1.23. The summed E-state index contributed by atoms with van der Waals surface area (Å²) in [7, 11) is 0. The molecule has 39 heavy (non-hydrogen) atoms. The van der Waals surface area contributed by atoms with Crippen molar-refractivity contribution in [2.75, 3.05) is 37.2 Å². The lowest BCUT2D eigenvalue weighted by atomic mass is 9.96. The van der Waals surface area contributed by atoms with Gasteiger partial charge in [0.05, 0.1) is 0 Å². The lowest BCUT2D eigenvalue weighted by Crippen LogP contribution is -2.39. The van der Waals surface area contributed by atoms with Gasteiger partial charge in [0.25, 0.3) is 5.91 Å². The summed E-state index contributed by atoms with van der Waals surface area (Å²) in [6.07, 6.45) is 2.96. The molecule has 0 unspecified atom stereocenters. The second-order valence-electron chi connectivity index (χ2n) is 9.38. The van der Waals surface area contributed by atoms with E-state index in [4.69, 9.17) is 34.7 Å². The summed E-state index contributed by atoms with van der Waals surface area (Å²) in [5.41, 5.74) is 14.1. The van der Waals surface area contributed by atoms with E-state index in [0.29, 0.717) is 24.8 Å². The molecule has 0 bridgehead atoms. The summed E-state index contributed by atoms with van der Waals surface area (Å²) < 4.78 is 1.14. The van der Waals surface area contributed by atoms with E-state index >= 15 is 0 Å². The van der Waals surface area contributed by atoms with Crippen LogP contribution in [0.2, 0.25) is 10.2 Å². The summed E-state index contributed by atoms with van der Waals surface area (Å²) in [6.45, 7) is 3.98. The SMILES string of the molecule is NC(=NCC1CCN(CCc2ccccc2Cl)CC1)NC(=O)c1nc(Cl)c(NCc2ccc(I)cc2)nc1N. The molecule has 1 aromatic heterocycles. The van der Waals surface area contributed by atoms with Crippen LogP contribution in [-0.2, 0) is 13.0 Å². The number of likely N-dealkylation sites (tertiary alicyclic amines) is 1. The van der Waals surface area contributed by atoms with Crippen LogP contribution in [0.4, 0.5) is 11.6 Å². The highest BCUT2D eigenvalue weighted by Gasteiger charge is 2.20. The number of nitrogens with zero attached hydrogens (tertiary/aromatic N) is 4. The van der Waals surface area contributed by atoms with Crippen LogP contribution in [0.5, 0.6) is 0 Å². The number of carbonyl (C=O) groups excluding carboxylic acids is 1. The Bertz CT molecular complexity index is 1310. The van der Waals surface area contributed by atoms with Gasteiger partial charge in [0.1, 0.15) is 0 Å². The zero-order valence-corrected chi connectivity index (χ0v) is 25.0. The first-order valence-corrected chi connectivity index (χ1v) is 14.5. The molecular weight excluding hydrogens is 650 g/mol. The number of nitrogen functional groups attached to an aromatic ring is 1. The molecule has 0 radical (unpaired) electrons. The molecule has 1 amide bonds. The molecule has 0 atom stereocenters. The molecule has 1 fully saturated rings. The third-order valence-electron chi connectivity index (χ3n) is 6.59. The summed E-state index contributed by atoms with van der Waals surface area (Å²) in [5, 5.41) is 6.50. The van der Waals surface area contributed by atoms with Crippen molar-refractivity contribution in [1.29, 1.82) is 0 Å². The third-order valence-corrected chi connectivity index (χ3v) is 7.94. The smallest absolute Gasteiger partial charge is 0.280 e.